The first-order valence-corrected chi connectivity index (χ1v) is 6.32. The average Bonchev–Trinajstić information content (AvgIpc) is 2.38. The average molecular weight is 242 g/mol. The monoisotopic (exact) mass is 242 g/mol. The smallest absolute Gasteiger partial charge is 0.115 e. The van der Waals surface area contributed by atoms with E-state index in [0.717, 1.165) is 36.0 Å². The van der Waals surface area contributed by atoms with E-state index in [4.69, 9.17) is 0 Å². The third-order valence-electron chi connectivity index (χ3n) is 3.07. The highest BCUT2D eigenvalue weighted by Crippen LogP contribution is 2.29. The Balaban J connectivity index is 2.39. The van der Waals surface area contributed by atoms with Crippen LogP contribution in [0, 0.1) is 0 Å². The summed E-state index contributed by atoms with van der Waals surface area (Å²) >= 11 is 0. The Morgan fingerprint density at radius 3 is 2.22 bits per heavy atom. The van der Waals surface area contributed by atoms with Crippen LogP contribution in [0.1, 0.15) is 25.3 Å². The Morgan fingerprint density at radius 2 is 1.56 bits per heavy atom. The van der Waals surface area contributed by atoms with Crippen LogP contribution in [0.25, 0.3) is 11.1 Å². The zero-order valence-corrected chi connectivity index (χ0v) is 10.6. The van der Waals surface area contributed by atoms with E-state index in [-0.39, 0.29) is 5.75 Å². The first-order valence-electron chi connectivity index (χ1n) is 6.32. The summed E-state index contributed by atoms with van der Waals surface area (Å²) in [5, 5.41) is 18.9. The number of hydrogen-bond acceptors (Lipinski definition) is 2. The quantitative estimate of drug-likeness (QED) is 0.847. The first kappa shape index (κ1) is 12.5. The maximum Gasteiger partial charge on any atom is 0.115 e. The predicted octanol–water partition coefficient (Wildman–Crippen LogP) is 4.11. The number of phenols is 2. The Labute approximate surface area is 108 Å². The van der Waals surface area contributed by atoms with Crippen LogP contribution >= 0.6 is 0 Å². The number of rotatable bonds is 4. The Kier molecular flexibility index (Phi) is 3.88. The van der Waals surface area contributed by atoms with Gasteiger partial charge in [0.2, 0.25) is 0 Å². The van der Waals surface area contributed by atoms with Gasteiger partial charge in [0.05, 0.1) is 0 Å². The summed E-state index contributed by atoms with van der Waals surface area (Å²) in [6.45, 7) is 2.16. The molecule has 18 heavy (non-hydrogen) atoms. The van der Waals surface area contributed by atoms with Gasteiger partial charge in [-0.05, 0) is 53.8 Å². The van der Waals surface area contributed by atoms with Crippen LogP contribution in [-0.4, -0.2) is 10.2 Å². The van der Waals surface area contributed by atoms with E-state index in [2.05, 4.69) is 6.92 Å². The lowest BCUT2D eigenvalue weighted by Crippen LogP contribution is -1.90. The SMILES string of the molecule is CCCCc1cc(O)ccc1-c1ccc(O)cc1. The molecular weight excluding hydrogens is 224 g/mol. The number of benzene rings is 2. The molecule has 0 aliphatic rings. The van der Waals surface area contributed by atoms with Crippen molar-refractivity contribution in [3.63, 3.8) is 0 Å². The molecule has 0 radical (unpaired) electrons. The lowest BCUT2D eigenvalue weighted by molar-refractivity contribution is 0.474. The number of aromatic hydroxyl groups is 2. The zero-order valence-electron chi connectivity index (χ0n) is 10.6. The fraction of sp³-hybridized carbons (Fsp3) is 0.250. The van der Waals surface area contributed by atoms with Gasteiger partial charge >= 0.3 is 0 Å². The molecule has 0 fully saturated rings. The van der Waals surface area contributed by atoms with Crippen LogP contribution in [0.5, 0.6) is 11.5 Å². The molecule has 2 heteroatoms. The van der Waals surface area contributed by atoms with Crippen molar-refractivity contribution in [2.45, 2.75) is 26.2 Å². The van der Waals surface area contributed by atoms with Gasteiger partial charge < -0.3 is 10.2 Å². The molecule has 0 aliphatic carbocycles. The van der Waals surface area contributed by atoms with E-state index in [1.165, 1.54) is 0 Å². The molecule has 2 rings (SSSR count). The number of hydrogen-bond donors (Lipinski definition) is 2. The second-order valence-corrected chi connectivity index (χ2v) is 4.49. The molecule has 94 valence electrons. The summed E-state index contributed by atoms with van der Waals surface area (Å²) in [4.78, 5) is 0. The Morgan fingerprint density at radius 1 is 0.889 bits per heavy atom. The van der Waals surface area contributed by atoms with Crippen molar-refractivity contribution in [1.82, 2.24) is 0 Å². The predicted molar refractivity (Wildman–Crippen MR) is 73.8 cm³/mol. The van der Waals surface area contributed by atoms with Crippen molar-refractivity contribution in [2.75, 3.05) is 0 Å². The zero-order chi connectivity index (χ0) is 13.0. The molecule has 0 spiro atoms. The van der Waals surface area contributed by atoms with Gasteiger partial charge in [-0.1, -0.05) is 31.5 Å². The second-order valence-electron chi connectivity index (χ2n) is 4.49. The fourth-order valence-electron chi connectivity index (χ4n) is 2.08. The van der Waals surface area contributed by atoms with Crippen LogP contribution < -0.4 is 0 Å². The topological polar surface area (TPSA) is 40.5 Å². The van der Waals surface area contributed by atoms with Gasteiger partial charge in [-0.25, -0.2) is 0 Å². The van der Waals surface area contributed by atoms with E-state index in [1.54, 1.807) is 18.2 Å². The van der Waals surface area contributed by atoms with Crippen LogP contribution in [0.15, 0.2) is 42.5 Å². The van der Waals surface area contributed by atoms with E-state index in [9.17, 15) is 10.2 Å². The fourth-order valence-corrected chi connectivity index (χ4v) is 2.08. The van der Waals surface area contributed by atoms with E-state index in [1.807, 2.05) is 24.3 Å². The second kappa shape index (κ2) is 5.58. The van der Waals surface area contributed by atoms with Crippen molar-refractivity contribution in [3.05, 3.63) is 48.0 Å². The molecular formula is C16H18O2. The molecule has 2 nitrogen and oxygen atoms in total. The van der Waals surface area contributed by atoms with Crippen LogP contribution in [0.4, 0.5) is 0 Å². The van der Waals surface area contributed by atoms with Gasteiger partial charge in [0.1, 0.15) is 11.5 Å². The van der Waals surface area contributed by atoms with Gasteiger partial charge in [-0.2, -0.15) is 0 Å². The van der Waals surface area contributed by atoms with Gasteiger partial charge in [0.25, 0.3) is 0 Å². The molecule has 0 unspecified atom stereocenters. The molecule has 0 amide bonds. The van der Waals surface area contributed by atoms with E-state index < -0.39 is 0 Å². The minimum Gasteiger partial charge on any atom is -0.508 e. The van der Waals surface area contributed by atoms with Crippen molar-refractivity contribution in [2.24, 2.45) is 0 Å². The molecule has 0 bridgehead atoms. The summed E-state index contributed by atoms with van der Waals surface area (Å²) in [6, 6.07) is 12.6. The molecule has 0 heterocycles. The molecule has 2 aromatic rings. The van der Waals surface area contributed by atoms with Crippen molar-refractivity contribution in [3.8, 4) is 22.6 Å². The van der Waals surface area contributed by atoms with E-state index >= 15 is 0 Å². The van der Waals surface area contributed by atoms with Crippen molar-refractivity contribution < 1.29 is 10.2 Å². The minimum atomic E-state index is 0.271. The Hall–Kier alpha value is -1.96. The summed E-state index contributed by atoms with van der Waals surface area (Å²) < 4.78 is 0. The summed E-state index contributed by atoms with van der Waals surface area (Å²) in [6.07, 6.45) is 3.19. The normalized spacial score (nSPS) is 10.5. The lowest BCUT2D eigenvalue weighted by Gasteiger charge is -2.10. The summed E-state index contributed by atoms with van der Waals surface area (Å²) in [7, 11) is 0. The molecule has 0 saturated carbocycles. The highest BCUT2D eigenvalue weighted by atomic mass is 16.3. The third kappa shape index (κ3) is 2.83. The highest BCUT2D eigenvalue weighted by Gasteiger charge is 2.06. The minimum absolute atomic E-state index is 0.271. The van der Waals surface area contributed by atoms with Gasteiger partial charge in [0.15, 0.2) is 0 Å². The standard InChI is InChI=1S/C16H18O2/c1-2-3-4-13-11-15(18)9-10-16(13)12-5-7-14(17)8-6-12/h5-11,17-18H,2-4H2,1H3. The van der Waals surface area contributed by atoms with Crippen LogP contribution in [0.2, 0.25) is 0 Å². The van der Waals surface area contributed by atoms with Crippen molar-refractivity contribution >= 4 is 0 Å². The number of unbranched alkanes of at least 4 members (excludes halogenated alkanes) is 1. The number of phenolic OH excluding ortho intramolecular Hbond substituents is 2. The molecule has 0 aliphatic heterocycles. The largest absolute Gasteiger partial charge is 0.508 e. The summed E-state index contributed by atoms with van der Waals surface area (Å²) in [5.41, 5.74) is 3.35. The molecule has 0 atom stereocenters. The molecule has 0 saturated heterocycles. The van der Waals surface area contributed by atoms with Gasteiger partial charge in [0, 0.05) is 0 Å². The van der Waals surface area contributed by atoms with Gasteiger partial charge in [-0.15, -0.1) is 0 Å². The van der Waals surface area contributed by atoms with Crippen LogP contribution in [0.3, 0.4) is 0 Å². The van der Waals surface area contributed by atoms with Crippen molar-refractivity contribution in [1.29, 1.82) is 0 Å². The van der Waals surface area contributed by atoms with Crippen LogP contribution in [-0.2, 0) is 6.42 Å². The Bertz CT molecular complexity index is 515. The van der Waals surface area contributed by atoms with Gasteiger partial charge in [-0.3, -0.25) is 0 Å². The van der Waals surface area contributed by atoms with E-state index in [0.29, 0.717) is 5.75 Å². The summed E-state index contributed by atoms with van der Waals surface area (Å²) in [5.74, 6) is 0.580. The molecule has 2 N–H and O–H groups in total. The molecule has 0 aromatic heterocycles. The number of aryl methyl sites for hydroxylation is 1. The first-order chi connectivity index (χ1) is 8.70. The maximum atomic E-state index is 9.59. The molecule has 2 aromatic carbocycles. The lowest BCUT2D eigenvalue weighted by atomic mass is 9.96. The highest BCUT2D eigenvalue weighted by molar-refractivity contribution is 5.69. The third-order valence-corrected chi connectivity index (χ3v) is 3.07. The maximum absolute atomic E-state index is 9.59.